The zero-order chi connectivity index (χ0) is 14.5. The molecule has 0 fully saturated rings. The van der Waals surface area contributed by atoms with Crippen LogP contribution in [0.15, 0.2) is 47.4 Å². The molecule has 104 valence electrons. The molecule has 0 saturated carbocycles. The van der Waals surface area contributed by atoms with E-state index in [1.54, 1.807) is 26.4 Å². The summed E-state index contributed by atoms with van der Waals surface area (Å²) >= 11 is 0. The van der Waals surface area contributed by atoms with E-state index in [1.165, 1.54) is 10.6 Å². The van der Waals surface area contributed by atoms with Crippen molar-refractivity contribution in [2.24, 2.45) is 7.05 Å². The number of hydrogen-bond donors (Lipinski definition) is 1. The SMILES string of the molecule is COc1cccc(CNC(=O)c2ccn(C)c(=O)c2)c1. The number of benzene rings is 1. The highest BCUT2D eigenvalue weighted by molar-refractivity contribution is 5.93. The van der Waals surface area contributed by atoms with Gasteiger partial charge in [-0.25, -0.2) is 0 Å². The largest absolute Gasteiger partial charge is 0.497 e. The summed E-state index contributed by atoms with van der Waals surface area (Å²) in [6, 6.07) is 10.4. The standard InChI is InChI=1S/C15H16N2O3/c1-17-7-6-12(9-14(17)18)15(19)16-10-11-4-3-5-13(8-11)20-2/h3-9H,10H2,1-2H3,(H,16,19). The van der Waals surface area contributed by atoms with Gasteiger partial charge in [-0.15, -0.1) is 0 Å². The molecular formula is C15H16N2O3. The number of carbonyl (C=O) groups is 1. The van der Waals surface area contributed by atoms with Crippen LogP contribution >= 0.6 is 0 Å². The highest BCUT2D eigenvalue weighted by atomic mass is 16.5. The van der Waals surface area contributed by atoms with E-state index in [0.29, 0.717) is 12.1 Å². The Morgan fingerprint density at radius 2 is 2.10 bits per heavy atom. The average molecular weight is 272 g/mol. The van der Waals surface area contributed by atoms with Gasteiger partial charge in [0.1, 0.15) is 5.75 Å². The fourth-order valence-electron chi connectivity index (χ4n) is 1.76. The lowest BCUT2D eigenvalue weighted by Crippen LogP contribution is -2.25. The number of ether oxygens (including phenoxy) is 1. The lowest BCUT2D eigenvalue weighted by Gasteiger charge is -2.07. The molecular weight excluding hydrogens is 256 g/mol. The molecule has 0 unspecified atom stereocenters. The molecule has 1 aromatic carbocycles. The first kappa shape index (κ1) is 13.9. The van der Waals surface area contributed by atoms with Gasteiger partial charge >= 0.3 is 0 Å². The number of nitrogens with one attached hydrogen (secondary N) is 1. The van der Waals surface area contributed by atoms with Crippen LogP contribution in [0.2, 0.25) is 0 Å². The van der Waals surface area contributed by atoms with Gasteiger partial charge in [0.05, 0.1) is 7.11 Å². The summed E-state index contributed by atoms with van der Waals surface area (Å²) in [5, 5.41) is 2.77. The van der Waals surface area contributed by atoms with Crippen molar-refractivity contribution in [2.45, 2.75) is 6.54 Å². The van der Waals surface area contributed by atoms with Crippen molar-refractivity contribution >= 4 is 5.91 Å². The first-order valence-electron chi connectivity index (χ1n) is 6.18. The van der Waals surface area contributed by atoms with E-state index < -0.39 is 0 Å². The summed E-state index contributed by atoms with van der Waals surface area (Å²) < 4.78 is 6.53. The van der Waals surface area contributed by atoms with Crippen molar-refractivity contribution in [2.75, 3.05) is 7.11 Å². The van der Waals surface area contributed by atoms with Crippen LogP contribution in [-0.4, -0.2) is 17.6 Å². The van der Waals surface area contributed by atoms with Gasteiger partial charge in [-0.2, -0.15) is 0 Å². The van der Waals surface area contributed by atoms with Crippen molar-refractivity contribution in [1.82, 2.24) is 9.88 Å². The highest BCUT2D eigenvalue weighted by Crippen LogP contribution is 2.12. The minimum atomic E-state index is -0.273. The highest BCUT2D eigenvalue weighted by Gasteiger charge is 2.06. The molecule has 0 radical (unpaired) electrons. The number of amides is 1. The number of methoxy groups -OCH3 is 1. The van der Waals surface area contributed by atoms with Gasteiger partial charge in [-0.1, -0.05) is 12.1 Å². The number of hydrogen-bond acceptors (Lipinski definition) is 3. The summed E-state index contributed by atoms with van der Waals surface area (Å²) in [4.78, 5) is 23.4. The minimum absolute atomic E-state index is 0.209. The predicted molar refractivity (Wildman–Crippen MR) is 75.8 cm³/mol. The predicted octanol–water partition coefficient (Wildman–Crippen LogP) is 1.32. The van der Waals surface area contributed by atoms with E-state index in [0.717, 1.165) is 11.3 Å². The lowest BCUT2D eigenvalue weighted by molar-refractivity contribution is 0.0950. The Balaban J connectivity index is 2.04. The Hall–Kier alpha value is -2.56. The molecule has 0 spiro atoms. The maximum absolute atomic E-state index is 11.9. The van der Waals surface area contributed by atoms with Crippen molar-refractivity contribution in [3.63, 3.8) is 0 Å². The number of carbonyl (C=O) groups excluding carboxylic acids is 1. The second kappa shape index (κ2) is 6.06. The lowest BCUT2D eigenvalue weighted by atomic mass is 10.2. The molecule has 5 nitrogen and oxygen atoms in total. The topological polar surface area (TPSA) is 60.3 Å². The molecule has 0 bridgehead atoms. The summed E-state index contributed by atoms with van der Waals surface area (Å²) in [6.45, 7) is 0.380. The fraction of sp³-hybridized carbons (Fsp3) is 0.200. The Kier molecular flexibility index (Phi) is 4.20. The first-order chi connectivity index (χ1) is 9.60. The molecule has 0 aliphatic carbocycles. The van der Waals surface area contributed by atoms with E-state index in [-0.39, 0.29) is 11.5 Å². The molecule has 2 rings (SSSR count). The Labute approximate surface area is 116 Å². The van der Waals surface area contributed by atoms with Gasteiger partial charge in [-0.05, 0) is 23.8 Å². The average Bonchev–Trinajstić information content (AvgIpc) is 2.47. The molecule has 1 heterocycles. The van der Waals surface area contributed by atoms with Crippen LogP contribution in [-0.2, 0) is 13.6 Å². The van der Waals surface area contributed by atoms with Crippen molar-refractivity contribution in [3.8, 4) is 5.75 Å². The molecule has 0 atom stereocenters. The van der Waals surface area contributed by atoms with Gasteiger partial charge in [0, 0.05) is 31.4 Å². The normalized spacial score (nSPS) is 10.1. The minimum Gasteiger partial charge on any atom is -0.497 e. The summed E-state index contributed by atoms with van der Waals surface area (Å²) in [6.07, 6.45) is 1.57. The maximum atomic E-state index is 11.9. The molecule has 0 saturated heterocycles. The number of rotatable bonds is 4. The van der Waals surface area contributed by atoms with Gasteiger partial charge in [-0.3, -0.25) is 9.59 Å². The van der Waals surface area contributed by atoms with E-state index in [1.807, 2.05) is 24.3 Å². The summed E-state index contributed by atoms with van der Waals surface area (Å²) in [5.41, 5.74) is 1.08. The van der Waals surface area contributed by atoms with Crippen molar-refractivity contribution in [1.29, 1.82) is 0 Å². The smallest absolute Gasteiger partial charge is 0.251 e. The van der Waals surface area contributed by atoms with Gasteiger partial charge in [0.25, 0.3) is 11.5 Å². The van der Waals surface area contributed by atoms with Crippen LogP contribution in [0.4, 0.5) is 0 Å². The molecule has 0 aliphatic heterocycles. The van der Waals surface area contributed by atoms with Crippen LogP contribution in [0.5, 0.6) is 5.75 Å². The molecule has 2 aromatic rings. The van der Waals surface area contributed by atoms with Gasteiger partial charge in [0.15, 0.2) is 0 Å². The molecule has 1 amide bonds. The van der Waals surface area contributed by atoms with Crippen LogP contribution in [0.3, 0.4) is 0 Å². The third-order valence-electron chi connectivity index (χ3n) is 2.95. The first-order valence-corrected chi connectivity index (χ1v) is 6.18. The zero-order valence-corrected chi connectivity index (χ0v) is 11.4. The van der Waals surface area contributed by atoms with Gasteiger partial charge < -0.3 is 14.6 Å². The second-order valence-corrected chi connectivity index (χ2v) is 4.40. The van der Waals surface area contributed by atoms with Crippen molar-refractivity contribution in [3.05, 3.63) is 64.1 Å². The van der Waals surface area contributed by atoms with Crippen LogP contribution < -0.4 is 15.6 Å². The molecule has 0 aliphatic rings. The van der Waals surface area contributed by atoms with Crippen LogP contribution in [0, 0.1) is 0 Å². The number of pyridine rings is 1. The van der Waals surface area contributed by atoms with Crippen LogP contribution in [0.25, 0.3) is 0 Å². The molecule has 5 heteroatoms. The number of aromatic nitrogens is 1. The molecule has 1 N–H and O–H groups in total. The van der Waals surface area contributed by atoms with Crippen molar-refractivity contribution < 1.29 is 9.53 Å². The quantitative estimate of drug-likeness (QED) is 0.913. The number of aryl methyl sites for hydroxylation is 1. The third-order valence-corrected chi connectivity index (χ3v) is 2.95. The van der Waals surface area contributed by atoms with Crippen LogP contribution in [0.1, 0.15) is 15.9 Å². The Morgan fingerprint density at radius 1 is 1.30 bits per heavy atom. The second-order valence-electron chi connectivity index (χ2n) is 4.40. The van der Waals surface area contributed by atoms with E-state index >= 15 is 0 Å². The van der Waals surface area contributed by atoms with E-state index in [2.05, 4.69) is 5.32 Å². The summed E-state index contributed by atoms with van der Waals surface area (Å²) in [7, 11) is 3.23. The monoisotopic (exact) mass is 272 g/mol. The zero-order valence-electron chi connectivity index (χ0n) is 11.4. The van der Waals surface area contributed by atoms with E-state index in [4.69, 9.17) is 4.74 Å². The Bertz CT molecular complexity index is 677. The maximum Gasteiger partial charge on any atom is 0.251 e. The Morgan fingerprint density at radius 3 is 2.80 bits per heavy atom. The number of nitrogens with zero attached hydrogens (tertiary/aromatic N) is 1. The molecule has 1 aromatic heterocycles. The van der Waals surface area contributed by atoms with Gasteiger partial charge in [0.2, 0.25) is 0 Å². The van der Waals surface area contributed by atoms with E-state index in [9.17, 15) is 9.59 Å². The molecule has 20 heavy (non-hydrogen) atoms. The summed E-state index contributed by atoms with van der Waals surface area (Å²) in [5.74, 6) is 0.468. The third kappa shape index (κ3) is 3.26. The fourth-order valence-corrected chi connectivity index (χ4v) is 1.76.